The Balaban J connectivity index is 2.83. The van der Waals surface area contributed by atoms with Gasteiger partial charge in [0.15, 0.2) is 0 Å². The molecular formula is C15H20OS. The predicted molar refractivity (Wildman–Crippen MR) is 75.3 cm³/mol. The summed E-state index contributed by atoms with van der Waals surface area (Å²) < 4.78 is 12.2. The van der Waals surface area contributed by atoms with Crippen LogP contribution in [-0.4, -0.2) is 4.21 Å². The maximum atomic E-state index is 12.2. The fourth-order valence-electron chi connectivity index (χ4n) is 1.39. The van der Waals surface area contributed by atoms with E-state index in [4.69, 9.17) is 0 Å². The molecule has 0 bridgehead atoms. The van der Waals surface area contributed by atoms with E-state index in [-0.39, 0.29) is 0 Å². The highest BCUT2D eigenvalue weighted by atomic mass is 32.2. The molecule has 0 spiro atoms. The van der Waals surface area contributed by atoms with Crippen molar-refractivity contribution in [3.63, 3.8) is 0 Å². The highest BCUT2D eigenvalue weighted by Crippen LogP contribution is 2.15. The van der Waals surface area contributed by atoms with Gasteiger partial charge in [0, 0.05) is 9.80 Å². The zero-order chi connectivity index (χ0) is 12.8. The van der Waals surface area contributed by atoms with Crippen LogP contribution in [0.15, 0.2) is 52.3 Å². The summed E-state index contributed by atoms with van der Waals surface area (Å²) in [6, 6.07) is 7.84. The second kappa shape index (κ2) is 6.55. The summed E-state index contributed by atoms with van der Waals surface area (Å²) in [5, 5.41) is 0. The molecule has 1 unspecified atom stereocenters. The summed E-state index contributed by atoms with van der Waals surface area (Å²) in [5.74, 6) is 0.520. The molecule has 0 heterocycles. The third kappa shape index (κ3) is 4.70. The lowest BCUT2D eigenvalue weighted by Crippen LogP contribution is -1.93. The fourth-order valence-corrected chi connectivity index (χ4v) is 2.46. The van der Waals surface area contributed by atoms with Crippen LogP contribution in [0.2, 0.25) is 0 Å². The Morgan fingerprint density at radius 2 is 2.06 bits per heavy atom. The van der Waals surface area contributed by atoms with Crippen molar-refractivity contribution in [1.29, 1.82) is 0 Å². The molecule has 0 aliphatic carbocycles. The first kappa shape index (κ1) is 13.9. The highest BCUT2D eigenvalue weighted by Gasteiger charge is 2.04. The SMILES string of the molecule is C/C(=C\C=C/C(C)C)S(=O)c1cccc(C)c1. The largest absolute Gasteiger partial charge is 0.249 e. The minimum Gasteiger partial charge on any atom is -0.249 e. The van der Waals surface area contributed by atoms with Gasteiger partial charge in [-0.2, -0.15) is 0 Å². The normalized spacial score (nSPS) is 14.5. The predicted octanol–water partition coefficient (Wildman–Crippen LogP) is 4.22. The fraction of sp³-hybridized carbons (Fsp3) is 0.333. The van der Waals surface area contributed by atoms with Crippen molar-refractivity contribution < 1.29 is 4.21 Å². The van der Waals surface area contributed by atoms with Crippen molar-refractivity contribution in [2.45, 2.75) is 32.6 Å². The van der Waals surface area contributed by atoms with Crippen LogP contribution in [0.5, 0.6) is 0 Å². The molecular weight excluding hydrogens is 228 g/mol. The average molecular weight is 248 g/mol. The average Bonchev–Trinajstić information content (AvgIpc) is 2.27. The number of hydrogen-bond donors (Lipinski definition) is 0. The standard InChI is InChI=1S/C15H20OS/c1-12(2)7-5-9-14(4)17(16)15-10-6-8-13(3)11-15/h5-12H,1-4H3/b7-5-,14-9+. The molecule has 0 radical (unpaired) electrons. The molecule has 0 amide bonds. The van der Waals surface area contributed by atoms with Crippen LogP contribution >= 0.6 is 0 Å². The van der Waals surface area contributed by atoms with Gasteiger partial charge in [0.1, 0.15) is 0 Å². The molecule has 0 aliphatic heterocycles. The summed E-state index contributed by atoms with van der Waals surface area (Å²) in [6.45, 7) is 8.16. The highest BCUT2D eigenvalue weighted by molar-refractivity contribution is 7.89. The number of benzene rings is 1. The first-order valence-corrected chi connectivity index (χ1v) is 6.99. The molecule has 0 aromatic heterocycles. The smallest absolute Gasteiger partial charge is 0.0805 e. The van der Waals surface area contributed by atoms with Gasteiger partial charge >= 0.3 is 0 Å². The molecule has 17 heavy (non-hydrogen) atoms. The molecule has 1 aromatic carbocycles. The third-order valence-electron chi connectivity index (χ3n) is 2.32. The Hall–Kier alpha value is -1.15. The molecule has 2 heteroatoms. The minimum absolute atomic E-state index is 0.520. The van der Waals surface area contributed by atoms with E-state index in [9.17, 15) is 4.21 Å². The molecule has 1 aromatic rings. The van der Waals surface area contributed by atoms with E-state index in [1.165, 1.54) is 0 Å². The van der Waals surface area contributed by atoms with Gasteiger partial charge in [-0.05, 0) is 37.5 Å². The lowest BCUT2D eigenvalue weighted by atomic mass is 10.2. The van der Waals surface area contributed by atoms with Gasteiger partial charge < -0.3 is 0 Å². The minimum atomic E-state index is -1.04. The number of rotatable bonds is 4. The molecule has 92 valence electrons. The third-order valence-corrected chi connectivity index (χ3v) is 3.73. The quantitative estimate of drug-likeness (QED) is 0.729. The van der Waals surface area contributed by atoms with Crippen LogP contribution in [-0.2, 0) is 10.8 Å². The molecule has 0 saturated carbocycles. The van der Waals surface area contributed by atoms with Gasteiger partial charge in [-0.1, -0.05) is 44.2 Å². The van der Waals surface area contributed by atoms with E-state index in [2.05, 4.69) is 19.9 Å². The first-order valence-electron chi connectivity index (χ1n) is 5.84. The number of hydrogen-bond acceptors (Lipinski definition) is 1. The van der Waals surface area contributed by atoms with E-state index < -0.39 is 10.8 Å². The van der Waals surface area contributed by atoms with Gasteiger partial charge in [-0.15, -0.1) is 0 Å². The van der Waals surface area contributed by atoms with Crippen molar-refractivity contribution in [2.24, 2.45) is 5.92 Å². The maximum Gasteiger partial charge on any atom is 0.0805 e. The maximum absolute atomic E-state index is 12.2. The molecule has 0 N–H and O–H groups in total. The molecule has 0 fully saturated rings. The van der Waals surface area contributed by atoms with E-state index in [0.29, 0.717) is 5.92 Å². The van der Waals surface area contributed by atoms with Crippen LogP contribution in [0.3, 0.4) is 0 Å². The topological polar surface area (TPSA) is 17.1 Å². The zero-order valence-electron chi connectivity index (χ0n) is 10.9. The Bertz CT molecular complexity index is 456. The van der Waals surface area contributed by atoms with Gasteiger partial charge in [0.2, 0.25) is 0 Å². The van der Waals surface area contributed by atoms with E-state index in [1.807, 2.05) is 50.3 Å². The van der Waals surface area contributed by atoms with Crippen LogP contribution < -0.4 is 0 Å². The van der Waals surface area contributed by atoms with Gasteiger partial charge in [-0.25, -0.2) is 4.21 Å². The van der Waals surface area contributed by atoms with E-state index in [0.717, 1.165) is 15.4 Å². The summed E-state index contributed by atoms with van der Waals surface area (Å²) in [6.07, 6.45) is 6.00. The second-order valence-corrected chi connectivity index (χ2v) is 6.14. The van der Waals surface area contributed by atoms with Crippen LogP contribution in [0, 0.1) is 12.8 Å². The lowest BCUT2D eigenvalue weighted by molar-refractivity contribution is 0.686. The first-order chi connectivity index (χ1) is 8.00. The Labute approximate surface area is 107 Å². The van der Waals surface area contributed by atoms with Gasteiger partial charge in [0.25, 0.3) is 0 Å². The molecule has 1 atom stereocenters. The number of allylic oxidation sites excluding steroid dienone is 4. The monoisotopic (exact) mass is 248 g/mol. The molecule has 0 aliphatic rings. The molecule has 1 nitrogen and oxygen atoms in total. The number of aryl methyl sites for hydroxylation is 1. The van der Waals surface area contributed by atoms with Crippen molar-refractivity contribution in [1.82, 2.24) is 0 Å². The van der Waals surface area contributed by atoms with Crippen molar-refractivity contribution in [2.75, 3.05) is 0 Å². The van der Waals surface area contributed by atoms with Crippen molar-refractivity contribution in [3.05, 3.63) is 53.0 Å². The summed E-state index contributed by atoms with van der Waals surface area (Å²) in [7, 11) is -1.04. The summed E-state index contributed by atoms with van der Waals surface area (Å²) >= 11 is 0. The van der Waals surface area contributed by atoms with Crippen molar-refractivity contribution in [3.8, 4) is 0 Å². The van der Waals surface area contributed by atoms with Crippen LogP contribution in [0.4, 0.5) is 0 Å². The van der Waals surface area contributed by atoms with Crippen molar-refractivity contribution >= 4 is 10.8 Å². The molecule has 1 rings (SSSR count). The zero-order valence-corrected chi connectivity index (χ0v) is 11.8. The van der Waals surface area contributed by atoms with Gasteiger partial charge in [-0.3, -0.25) is 0 Å². The Kier molecular flexibility index (Phi) is 5.36. The van der Waals surface area contributed by atoms with E-state index >= 15 is 0 Å². The summed E-state index contributed by atoms with van der Waals surface area (Å²) in [5.41, 5.74) is 1.14. The van der Waals surface area contributed by atoms with E-state index in [1.54, 1.807) is 0 Å². The second-order valence-electron chi connectivity index (χ2n) is 4.49. The summed E-state index contributed by atoms with van der Waals surface area (Å²) in [4.78, 5) is 1.75. The van der Waals surface area contributed by atoms with Gasteiger partial charge in [0.05, 0.1) is 10.8 Å². The Morgan fingerprint density at radius 3 is 2.65 bits per heavy atom. The van der Waals surface area contributed by atoms with Crippen LogP contribution in [0.25, 0.3) is 0 Å². The lowest BCUT2D eigenvalue weighted by Gasteiger charge is -2.02. The van der Waals surface area contributed by atoms with Crippen LogP contribution in [0.1, 0.15) is 26.3 Å². The Morgan fingerprint density at radius 1 is 1.35 bits per heavy atom. The molecule has 0 saturated heterocycles.